The number of thioether (sulfide) groups is 1. The van der Waals surface area contributed by atoms with Crippen molar-refractivity contribution in [2.75, 3.05) is 24.7 Å². The van der Waals surface area contributed by atoms with Crippen LogP contribution in [0.4, 0.5) is 5.82 Å². The highest BCUT2D eigenvalue weighted by Crippen LogP contribution is 2.22. The van der Waals surface area contributed by atoms with E-state index in [0.717, 1.165) is 11.4 Å². The molecule has 0 aliphatic carbocycles. The van der Waals surface area contributed by atoms with Gasteiger partial charge in [-0.3, -0.25) is 4.79 Å². The van der Waals surface area contributed by atoms with Gasteiger partial charge in [0.2, 0.25) is 5.91 Å². The van der Waals surface area contributed by atoms with Crippen LogP contribution in [0.1, 0.15) is 26.3 Å². The number of pyridine rings is 1. The van der Waals surface area contributed by atoms with Crippen molar-refractivity contribution in [3.63, 3.8) is 0 Å². The van der Waals surface area contributed by atoms with E-state index in [9.17, 15) is 4.79 Å². The van der Waals surface area contributed by atoms with Crippen LogP contribution in [-0.2, 0) is 11.3 Å². The minimum Gasteiger partial charge on any atom is -0.362 e. The van der Waals surface area contributed by atoms with Crippen molar-refractivity contribution in [1.82, 2.24) is 10.3 Å². The Hall–Kier alpha value is -1.23. The Morgan fingerprint density at radius 2 is 2.11 bits per heavy atom. The molecule has 4 nitrogen and oxygen atoms in total. The normalized spacial score (nSPS) is 11.2. The van der Waals surface area contributed by atoms with Crippen molar-refractivity contribution in [2.24, 2.45) is 0 Å². The third-order valence-corrected chi connectivity index (χ3v) is 3.68. The van der Waals surface area contributed by atoms with Gasteiger partial charge in [0.05, 0.1) is 5.75 Å². The van der Waals surface area contributed by atoms with E-state index < -0.39 is 0 Å². The van der Waals surface area contributed by atoms with Gasteiger partial charge in [-0.2, -0.15) is 0 Å². The van der Waals surface area contributed by atoms with Crippen LogP contribution in [0.3, 0.4) is 0 Å². The summed E-state index contributed by atoms with van der Waals surface area (Å²) in [4.78, 5) is 18.0. The smallest absolute Gasteiger partial charge is 0.230 e. The molecule has 0 saturated carbocycles. The number of anilines is 1. The van der Waals surface area contributed by atoms with Crippen molar-refractivity contribution < 1.29 is 4.79 Å². The molecule has 1 aromatic rings. The van der Waals surface area contributed by atoms with Crippen LogP contribution >= 0.6 is 11.8 Å². The van der Waals surface area contributed by atoms with E-state index in [2.05, 4.69) is 31.1 Å². The molecule has 0 unspecified atom stereocenters. The maximum Gasteiger partial charge on any atom is 0.230 e. The number of nitrogens with zero attached hydrogens (tertiary/aromatic N) is 2. The summed E-state index contributed by atoms with van der Waals surface area (Å²) in [6, 6.07) is 3.87. The summed E-state index contributed by atoms with van der Waals surface area (Å²) in [6.45, 7) is 6.84. The third-order valence-electron chi connectivity index (χ3n) is 2.40. The lowest BCUT2D eigenvalue weighted by Gasteiger charge is -2.18. The molecule has 0 fully saturated rings. The highest BCUT2D eigenvalue weighted by molar-refractivity contribution is 8.01. The first-order chi connectivity index (χ1) is 8.79. The highest BCUT2D eigenvalue weighted by atomic mass is 32.2. The summed E-state index contributed by atoms with van der Waals surface area (Å²) in [5.41, 5.74) is 1.03. The molecule has 1 heterocycles. The molecule has 0 bridgehead atoms. The maximum atomic E-state index is 11.8. The second-order valence-electron chi connectivity index (χ2n) is 5.56. The molecule has 1 rings (SSSR count). The lowest BCUT2D eigenvalue weighted by molar-refractivity contribution is -0.118. The zero-order valence-electron chi connectivity index (χ0n) is 12.4. The van der Waals surface area contributed by atoms with Crippen LogP contribution < -0.4 is 10.2 Å². The molecular weight excluding hydrogens is 258 g/mol. The summed E-state index contributed by atoms with van der Waals surface area (Å²) in [6.07, 6.45) is 1.76. The van der Waals surface area contributed by atoms with Gasteiger partial charge in [-0.15, -0.1) is 11.8 Å². The van der Waals surface area contributed by atoms with Gasteiger partial charge < -0.3 is 10.2 Å². The Kier molecular flexibility index (Phi) is 5.66. The van der Waals surface area contributed by atoms with E-state index in [0.29, 0.717) is 12.3 Å². The zero-order valence-corrected chi connectivity index (χ0v) is 13.2. The Bertz CT molecular complexity index is 427. The van der Waals surface area contributed by atoms with E-state index in [1.165, 1.54) is 0 Å². The van der Waals surface area contributed by atoms with E-state index in [4.69, 9.17) is 0 Å². The van der Waals surface area contributed by atoms with E-state index in [1.807, 2.05) is 31.1 Å². The summed E-state index contributed by atoms with van der Waals surface area (Å²) in [5, 5.41) is 2.94. The number of hydrogen-bond donors (Lipinski definition) is 1. The predicted molar refractivity (Wildman–Crippen MR) is 82.6 cm³/mol. The van der Waals surface area contributed by atoms with Gasteiger partial charge in [0.1, 0.15) is 5.82 Å². The summed E-state index contributed by atoms with van der Waals surface area (Å²) < 4.78 is 0.112. The number of hydrogen-bond acceptors (Lipinski definition) is 4. The van der Waals surface area contributed by atoms with Gasteiger partial charge in [0.15, 0.2) is 0 Å². The molecule has 19 heavy (non-hydrogen) atoms. The van der Waals surface area contributed by atoms with Gasteiger partial charge in [0, 0.05) is 37.1 Å². The zero-order chi connectivity index (χ0) is 14.5. The lowest BCUT2D eigenvalue weighted by Crippen LogP contribution is -2.27. The Morgan fingerprint density at radius 1 is 1.42 bits per heavy atom. The van der Waals surface area contributed by atoms with Crippen molar-refractivity contribution >= 4 is 23.5 Å². The molecule has 1 amide bonds. The molecule has 0 saturated heterocycles. The fourth-order valence-corrected chi connectivity index (χ4v) is 2.16. The average molecular weight is 281 g/mol. The molecule has 1 aromatic heterocycles. The molecule has 0 aliphatic heterocycles. The van der Waals surface area contributed by atoms with Crippen molar-refractivity contribution in [3.8, 4) is 0 Å². The first kappa shape index (κ1) is 15.8. The maximum absolute atomic E-state index is 11.8. The number of amides is 1. The van der Waals surface area contributed by atoms with Crippen LogP contribution in [0, 0.1) is 0 Å². The standard InChI is InChI=1S/C14H23N3OS/c1-14(2,3)19-10-12(18)16-9-11-7-6-8-15-13(11)17(4)5/h6-8H,9-10H2,1-5H3,(H,16,18). The largest absolute Gasteiger partial charge is 0.362 e. The highest BCUT2D eigenvalue weighted by Gasteiger charge is 2.13. The number of carbonyl (C=O) groups excluding carboxylic acids is 1. The molecule has 0 aliphatic rings. The topological polar surface area (TPSA) is 45.2 Å². The van der Waals surface area contributed by atoms with E-state index in [-0.39, 0.29) is 10.7 Å². The van der Waals surface area contributed by atoms with Gasteiger partial charge in [-0.05, 0) is 6.07 Å². The minimum atomic E-state index is 0.0634. The van der Waals surface area contributed by atoms with E-state index in [1.54, 1.807) is 18.0 Å². The number of rotatable bonds is 5. The van der Waals surface area contributed by atoms with Crippen molar-refractivity contribution in [2.45, 2.75) is 32.1 Å². The monoisotopic (exact) mass is 281 g/mol. The second kappa shape index (κ2) is 6.80. The van der Waals surface area contributed by atoms with Gasteiger partial charge in [-0.25, -0.2) is 4.98 Å². The van der Waals surface area contributed by atoms with Gasteiger partial charge >= 0.3 is 0 Å². The minimum absolute atomic E-state index is 0.0634. The summed E-state index contributed by atoms with van der Waals surface area (Å²) in [5.74, 6) is 1.45. The van der Waals surface area contributed by atoms with Crippen molar-refractivity contribution in [3.05, 3.63) is 23.9 Å². The van der Waals surface area contributed by atoms with Gasteiger partial charge in [-0.1, -0.05) is 26.8 Å². The second-order valence-corrected chi connectivity index (χ2v) is 7.36. The SMILES string of the molecule is CN(C)c1ncccc1CNC(=O)CSC(C)(C)C. The van der Waals surface area contributed by atoms with Crippen LogP contribution in [0.2, 0.25) is 0 Å². The fraction of sp³-hybridized carbons (Fsp3) is 0.571. The number of nitrogens with one attached hydrogen (secondary N) is 1. The van der Waals surface area contributed by atoms with Crippen LogP contribution in [0.25, 0.3) is 0 Å². The molecule has 0 aromatic carbocycles. The summed E-state index contributed by atoms with van der Waals surface area (Å²) >= 11 is 1.65. The van der Waals surface area contributed by atoms with E-state index >= 15 is 0 Å². The lowest BCUT2D eigenvalue weighted by atomic mass is 10.2. The molecule has 5 heteroatoms. The predicted octanol–water partition coefficient (Wildman–Crippen LogP) is 2.30. The fourth-order valence-electron chi connectivity index (χ4n) is 1.50. The van der Waals surface area contributed by atoms with Crippen molar-refractivity contribution in [1.29, 1.82) is 0 Å². The first-order valence-corrected chi connectivity index (χ1v) is 7.30. The Labute approximate surface area is 120 Å². The van der Waals surface area contributed by atoms with Crippen LogP contribution in [-0.4, -0.2) is 35.5 Å². The first-order valence-electron chi connectivity index (χ1n) is 6.31. The molecular formula is C14H23N3OS. The quantitative estimate of drug-likeness (QED) is 0.899. The number of carbonyl (C=O) groups is 1. The summed E-state index contributed by atoms with van der Waals surface area (Å²) in [7, 11) is 3.90. The Morgan fingerprint density at radius 3 is 2.68 bits per heavy atom. The Balaban J connectivity index is 2.51. The van der Waals surface area contributed by atoms with Crippen LogP contribution in [0.15, 0.2) is 18.3 Å². The average Bonchev–Trinajstić information content (AvgIpc) is 2.33. The molecule has 1 N–H and O–H groups in total. The van der Waals surface area contributed by atoms with Gasteiger partial charge in [0.25, 0.3) is 0 Å². The third kappa shape index (κ3) is 5.96. The molecule has 106 valence electrons. The molecule has 0 radical (unpaired) electrons. The number of aromatic nitrogens is 1. The molecule has 0 atom stereocenters. The molecule has 0 spiro atoms. The van der Waals surface area contributed by atoms with Crippen LogP contribution in [0.5, 0.6) is 0 Å².